The first-order valence-electron chi connectivity index (χ1n) is 2.95. The molecule has 0 bridgehead atoms. The van der Waals surface area contributed by atoms with Gasteiger partial charge in [-0.05, 0) is 0 Å². The summed E-state index contributed by atoms with van der Waals surface area (Å²) < 4.78 is 0. The Labute approximate surface area is 85.0 Å². The van der Waals surface area contributed by atoms with Crippen LogP contribution in [0.3, 0.4) is 0 Å². The van der Waals surface area contributed by atoms with Gasteiger partial charge >= 0.3 is 23.1 Å². The Morgan fingerprint density at radius 2 is 1.89 bits per heavy atom. The second-order valence-corrected chi connectivity index (χ2v) is 1.73. The summed E-state index contributed by atoms with van der Waals surface area (Å²) in [5.41, 5.74) is 0. The normalized spacial score (nSPS) is 6.78. The van der Waals surface area contributed by atoms with Crippen molar-refractivity contribution in [2.45, 2.75) is 32.6 Å². The molecular formula is C7H13BrMg. The van der Waals surface area contributed by atoms with Gasteiger partial charge in [0.1, 0.15) is 0 Å². The van der Waals surface area contributed by atoms with Crippen molar-refractivity contribution in [2.24, 2.45) is 0 Å². The zero-order valence-corrected chi connectivity index (χ0v) is 9.07. The first-order chi connectivity index (χ1) is 3.41. The van der Waals surface area contributed by atoms with Crippen LogP contribution in [0.15, 0.2) is 6.08 Å². The van der Waals surface area contributed by atoms with E-state index in [1.54, 1.807) is 6.08 Å². The fourth-order valence-electron chi connectivity index (χ4n) is 0.512. The Kier molecular flexibility index (Phi) is 29.4. The number of unbranched alkanes of at least 4 members (excludes halogenated alkanes) is 3. The third-order valence-electron chi connectivity index (χ3n) is 0.974. The number of halogens is 1. The Hall–Kier alpha value is 0.986. The van der Waals surface area contributed by atoms with Crippen LogP contribution in [0, 0.1) is 6.58 Å². The fourth-order valence-corrected chi connectivity index (χ4v) is 0.512. The summed E-state index contributed by atoms with van der Waals surface area (Å²) in [5.74, 6) is 0. The van der Waals surface area contributed by atoms with E-state index in [-0.39, 0.29) is 40.0 Å². The van der Waals surface area contributed by atoms with Gasteiger partial charge in [0, 0.05) is 0 Å². The Morgan fingerprint density at radius 1 is 1.33 bits per heavy atom. The van der Waals surface area contributed by atoms with Gasteiger partial charge in [-0.15, -0.1) is 0 Å². The van der Waals surface area contributed by atoms with Crippen molar-refractivity contribution in [2.75, 3.05) is 0 Å². The molecule has 0 aliphatic carbocycles. The molecule has 0 rings (SSSR count). The summed E-state index contributed by atoms with van der Waals surface area (Å²) >= 11 is 0. The molecule has 0 amide bonds. The molecule has 0 radical (unpaired) electrons. The van der Waals surface area contributed by atoms with Crippen LogP contribution in [0.1, 0.15) is 32.6 Å². The molecule has 0 N–H and O–H groups in total. The van der Waals surface area contributed by atoms with Crippen LogP contribution in [0.5, 0.6) is 0 Å². The van der Waals surface area contributed by atoms with Gasteiger partial charge in [0.05, 0.1) is 0 Å². The van der Waals surface area contributed by atoms with Crippen molar-refractivity contribution in [3.05, 3.63) is 12.7 Å². The Balaban J connectivity index is -0.000000180. The summed E-state index contributed by atoms with van der Waals surface area (Å²) in [7, 11) is 0. The maximum Gasteiger partial charge on any atom is 2.00 e. The predicted octanol–water partition coefficient (Wildman–Crippen LogP) is -0.821. The number of hydrogen-bond donors (Lipinski definition) is 0. The molecule has 2 heteroatoms. The largest absolute Gasteiger partial charge is 2.00 e. The van der Waals surface area contributed by atoms with Crippen molar-refractivity contribution in [3.63, 3.8) is 0 Å². The van der Waals surface area contributed by atoms with Crippen molar-refractivity contribution in [1.29, 1.82) is 0 Å². The van der Waals surface area contributed by atoms with Crippen LogP contribution in [0.2, 0.25) is 0 Å². The zero-order valence-electron chi connectivity index (χ0n) is 6.07. The molecule has 0 atom stereocenters. The van der Waals surface area contributed by atoms with Gasteiger partial charge in [-0.25, -0.2) is 0 Å². The molecule has 50 valence electrons. The summed E-state index contributed by atoms with van der Waals surface area (Å²) in [6.07, 6.45) is 6.66. The molecule has 0 heterocycles. The molecule has 0 spiro atoms. The van der Waals surface area contributed by atoms with Crippen LogP contribution in [-0.4, -0.2) is 23.1 Å². The van der Waals surface area contributed by atoms with Gasteiger partial charge in [0.25, 0.3) is 0 Å². The van der Waals surface area contributed by atoms with Crippen molar-refractivity contribution >= 4 is 23.1 Å². The van der Waals surface area contributed by atoms with Gasteiger partial charge in [0.15, 0.2) is 0 Å². The quantitative estimate of drug-likeness (QED) is 0.317. The number of hydrogen-bond acceptors (Lipinski definition) is 0. The molecule has 0 unspecified atom stereocenters. The molecule has 0 aromatic carbocycles. The smallest absolute Gasteiger partial charge is 1.00 e. The molecule has 0 fully saturated rings. The van der Waals surface area contributed by atoms with Gasteiger partial charge in [-0.1, -0.05) is 32.6 Å². The standard InChI is InChI=1S/C7H13.BrH.Mg/c1-3-5-7-6-4-2;;/h1,3H,4-7H2,2H3;1H;/q-1;;+2/p-1. The van der Waals surface area contributed by atoms with E-state index in [0.29, 0.717) is 0 Å². The molecular weight excluding hydrogens is 188 g/mol. The maximum atomic E-state index is 5.14. The minimum atomic E-state index is 0. The third kappa shape index (κ3) is 17.6. The topological polar surface area (TPSA) is 0 Å². The predicted molar refractivity (Wildman–Crippen MR) is 38.8 cm³/mol. The van der Waals surface area contributed by atoms with Crippen molar-refractivity contribution in [3.8, 4) is 0 Å². The number of allylic oxidation sites excluding steroid dienone is 1. The summed E-state index contributed by atoms with van der Waals surface area (Å²) in [6, 6.07) is 0. The molecule has 0 aliphatic heterocycles. The molecule has 0 aliphatic rings. The first-order valence-corrected chi connectivity index (χ1v) is 2.95. The maximum absolute atomic E-state index is 5.14. The van der Waals surface area contributed by atoms with Gasteiger partial charge in [-0.2, -0.15) is 0 Å². The van der Waals surface area contributed by atoms with Crippen LogP contribution < -0.4 is 17.0 Å². The Morgan fingerprint density at radius 3 is 2.22 bits per heavy atom. The van der Waals surface area contributed by atoms with E-state index in [4.69, 9.17) is 6.58 Å². The van der Waals surface area contributed by atoms with Gasteiger partial charge in [0.2, 0.25) is 0 Å². The minimum absolute atomic E-state index is 0. The molecule has 0 saturated carbocycles. The van der Waals surface area contributed by atoms with E-state index >= 15 is 0 Å². The molecule has 9 heavy (non-hydrogen) atoms. The van der Waals surface area contributed by atoms with Crippen molar-refractivity contribution in [1.82, 2.24) is 0 Å². The SMILES string of the molecule is [Br-].[CH-]=CCCCCC.[Mg+2]. The van der Waals surface area contributed by atoms with E-state index in [9.17, 15) is 0 Å². The number of rotatable bonds is 4. The van der Waals surface area contributed by atoms with Crippen LogP contribution in [-0.2, 0) is 0 Å². The second-order valence-electron chi connectivity index (χ2n) is 1.73. The minimum Gasteiger partial charge on any atom is -1.00 e. The van der Waals surface area contributed by atoms with Crippen LogP contribution >= 0.6 is 0 Å². The van der Waals surface area contributed by atoms with Gasteiger partial charge in [-0.3, -0.25) is 6.08 Å². The second kappa shape index (κ2) is 16.0. The third-order valence-corrected chi connectivity index (χ3v) is 0.974. The fraction of sp³-hybridized carbons (Fsp3) is 0.714. The average molecular weight is 201 g/mol. The molecule has 0 nitrogen and oxygen atoms in total. The Bertz CT molecular complexity index is 46.2. The van der Waals surface area contributed by atoms with E-state index in [1.165, 1.54) is 19.3 Å². The molecule has 0 saturated heterocycles. The monoisotopic (exact) mass is 200 g/mol. The summed E-state index contributed by atoms with van der Waals surface area (Å²) in [6.45, 7) is 7.34. The zero-order chi connectivity index (χ0) is 5.54. The summed E-state index contributed by atoms with van der Waals surface area (Å²) in [5, 5.41) is 0. The first kappa shape index (κ1) is 16.5. The molecule has 0 aromatic heterocycles. The van der Waals surface area contributed by atoms with Crippen molar-refractivity contribution < 1.29 is 17.0 Å². The van der Waals surface area contributed by atoms with Crippen LogP contribution in [0.4, 0.5) is 0 Å². The average Bonchev–Trinajstić information content (AvgIpc) is 1.69. The van der Waals surface area contributed by atoms with Gasteiger partial charge < -0.3 is 23.6 Å². The van der Waals surface area contributed by atoms with E-state index in [1.807, 2.05) is 0 Å². The van der Waals surface area contributed by atoms with Crippen LogP contribution in [0.25, 0.3) is 0 Å². The van der Waals surface area contributed by atoms with E-state index < -0.39 is 0 Å². The summed E-state index contributed by atoms with van der Waals surface area (Å²) in [4.78, 5) is 0. The van der Waals surface area contributed by atoms with E-state index in [0.717, 1.165) is 6.42 Å². The van der Waals surface area contributed by atoms with E-state index in [2.05, 4.69) is 6.92 Å². The molecule has 0 aromatic rings.